The second kappa shape index (κ2) is 9.52. The highest BCUT2D eigenvalue weighted by molar-refractivity contribution is 8.18. The fourth-order valence-corrected chi connectivity index (χ4v) is 5.17. The summed E-state index contributed by atoms with van der Waals surface area (Å²) in [7, 11) is 0. The molecule has 0 atom stereocenters. The SMILES string of the molecule is CCc1ccccc1N=C1S/C(=C/c2ccc(C(=O)O)cc2)C(=O)N1C1CCCCC1. The highest BCUT2D eigenvalue weighted by atomic mass is 32.2. The smallest absolute Gasteiger partial charge is 0.335 e. The maximum absolute atomic E-state index is 13.4. The summed E-state index contributed by atoms with van der Waals surface area (Å²) in [4.78, 5) is 32.0. The maximum atomic E-state index is 13.4. The molecule has 1 saturated heterocycles. The van der Waals surface area contributed by atoms with E-state index < -0.39 is 5.97 Å². The summed E-state index contributed by atoms with van der Waals surface area (Å²) in [6, 6.07) is 14.8. The summed E-state index contributed by atoms with van der Waals surface area (Å²) < 4.78 is 0. The Morgan fingerprint density at radius 1 is 1.13 bits per heavy atom. The summed E-state index contributed by atoms with van der Waals surface area (Å²) in [5.41, 5.74) is 3.11. The second-order valence-corrected chi connectivity index (χ2v) is 8.89. The molecular formula is C25H26N2O3S. The zero-order valence-corrected chi connectivity index (χ0v) is 18.4. The van der Waals surface area contributed by atoms with Crippen molar-refractivity contribution in [3.63, 3.8) is 0 Å². The van der Waals surface area contributed by atoms with Crippen molar-refractivity contribution in [3.8, 4) is 0 Å². The maximum Gasteiger partial charge on any atom is 0.335 e. The third-order valence-electron chi connectivity index (χ3n) is 5.82. The normalized spacial score (nSPS) is 20.0. The molecule has 0 bridgehead atoms. The van der Waals surface area contributed by atoms with Gasteiger partial charge in [-0.1, -0.05) is 56.5 Å². The Kier molecular flexibility index (Phi) is 6.56. The Hall–Kier alpha value is -2.86. The van der Waals surface area contributed by atoms with E-state index in [4.69, 9.17) is 10.1 Å². The van der Waals surface area contributed by atoms with Crippen molar-refractivity contribution >= 4 is 40.6 Å². The first kappa shape index (κ1) is 21.4. The molecule has 4 rings (SSSR count). The predicted molar refractivity (Wildman–Crippen MR) is 126 cm³/mol. The van der Waals surface area contributed by atoms with E-state index in [1.165, 1.54) is 18.2 Å². The van der Waals surface area contributed by atoms with Gasteiger partial charge in [-0.15, -0.1) is 0 Å². The van der Waals surface area contributed by atoms with Gasteiger partial charge in [-0.3, -0.25) is 9.69 Å². The van der Waals surface area contributed by atoms with Crippen molar-refractivity contribution in [2.75, 3.05) is 0 Å². The molecule has 1 saturated carbocycles. The largest absolute Gasteiger partial charge is 0.478 e. The van der Waals surface area contributed by atoms with Crippen LogP contribution >= 0.6 is 11.8 Å². The van der Waals surface area contributed by atoms with Gasteiger partial charge in [-0.05, 0) is 66.4 Å². The van der Waals surface area contributed by atoms with E-state index >= 15 is 0 Å². The number of benzene rings is 2. The summed E-state index contributed by atoms with van der Waals surface area (Å²) in [6.07, 6.45) is 8.20. The van der Waals surface area contributed by atoms with Gasteiger partial charge in [0.2, 0.25) is 0 Å². The van der Waals surface area contributed by atoms with Crippen LogP contribution < -0.4 is 0 Å². The number of amidine groups is 1. The third-order valence-corrected chi connectivity index (χ3v) is 6.80. The highest BCUT2D eigenvalue weighted by Crippen LogP contribution is 2.39. The van der Waals surface area contributed by atoms with E-state index in [1.807, 2.05) is 29.2 Å². The van der Waals surface area contributed by atoms with Crippen LogP contribution in [0.3, 0.4) is 0 Å². The molecule has 31 heavy (non-hydrogen) atoms. The van der Waals surface area contributed by atoms with Gasteiger partial charge < -0.3 is 5.11 Å². The molecule has 1 aliphatic heterocycles. The van der Waals surface area contributed by atoms with Crippen molar-refractivity contribution in [3.05, 3.63) is 70.1 Å². The lowest BCUT2D eigenvalue weighted by molar-refractivity contribution is -0.124. The number of carbonyl (C=O) groups is 2. The predicted octanol–water partition coefficient (Wildman–Crippen LogP) is 5.88. The number of hydrogen-bond acceptors (Lipinski definition) is 4. The van der Waals surface area contributed by atoms with Gasteiger partial charge in [0.15, 0.2) is 5.17 Å². The number of rotatable bonds is 5. The van der Waals surface area contributed by atoms with Gasteiger partial charge in [-0.2, -0.15) is 0 Å². The van der Waals surface area contributed by atoms with E-state index in [2.05, 4.69) is 13.0 Å². The Bertz CT molecular complexity index is 1040. The van der Waals surface area contributed by atoms with Crippen LogP contribution in [0.1, 0.15) is 60.5 Å². The number of aromatic carboxylic acids is 1. The fraction of sp³-hybridized carbons (Fsp3) is 0.320. The van der Waals surface area contributed by atoms with Crippen LogP contribution in [0.5, 0.6) is 0 Å². The molecule has 1 amide bonds. The van der Waals surface area contributed by atoms with Crippen LogP contribution in [0.25, 0.3) is 6.08 Å². The van der Waals surface area contributed by atoms with Gasteiger partial charge in [0.25, 0.3) is 5.91 Å². The van der Waals surface area contributed by atoms with Gasteiger partial charge in [0.05, 0.1) is 16.2 Å². The molecule has 2 aromatic rings. The summed E-state index contributed by atoms with van der Waals surface area (Å²) in [5, 5.41) is 9.84. The van der Waals surface area contributed by atoms with Crippen molar-refractivity contribution < 1.29 is 14.7 Å². The molecule has 2 aliphatic rings. The fourth-order valence-electron chi connectivity index (χ4n) is 4.12. The summed E-state index contributed by atoms with van der Waals surface area (Å²) in [5.74, 6) is -0.968. The summed E-state index contributed by atoms with van der Waals surface area (Å²) >= 11 is 1.41. The van der Waals surface area contributed by atoms with Crippen LogP contribution in [0.2, 0.25) is 0 Å². The standard InChI is InChI=1S/C25H26N2O3S/c1-2-18-8-6-7-11-21(18)26-25-27(20-9-4-3-5-10-20)23(28)22(31-25)16-17-12-14-19(15-13-17)24(29)30/h6-8,11-16,20H,2-5,9-10H2,1H3,(H,29,30)/b22-16+,26-25?. The number of carbonyl (C=O) groups excluding carboxylic acids is 1. The van der Waals surface area contributed by atoms with E-state index in [9.17, 15) is 9.59 Å². The lowest BCUT2D eigenvalue weighted by Gasteiger charge is -2.30. The third kappa shape index (κ3) is 4.74. The number of nitrogens with zero attached hydrogens (tertiary/aromatic N) is 2. The van der Waals surface area contributed by atoms with Crippen molar-refractivity contribution in [1.29, 1.82) is 0 Å². The lowest BCUT2D eigenvalue weighted by Crippen LogP contribution is -2.40. The lowest BCUT2D eigenvalue weighted by atomic mass is 9.94. The van der Waals surface area contributed by atoms with Crippen molar-refractivity contribution in [2.45, 2.75) is 51.5 Å². The monoisotopic (exact) mass is 434 g/mol. The van der Waals surface area contributed by atoms with Gasteiger partial charge in [0.1, 0.15) is 0 Å². The number of aryl methyl sites for hydroxylation is 1. The van der Waals surface area contributed by atoms with E-state index in [1.54, 1.807) is 24.3 Å². The van der Waals surface area contributed by atoms with Gasteiger partial charge in [-0.25, -0.2) is 9.79 Å². The van der Waals surface area contributed by atoms with Crippen molar-refractivity contribution in [2.24, 2.45) is 4.99 Å². The van der Waals surface area contributed by atoms with Gasteiger partial charge in [0, 0.05) is 6.04 Å². The second-order valence-electron chi connectivity index (χ2n) is 7.88. The Balaban J connectivity index is 1.70. The average molecular weight is 435 g/mol. The number of aliphatic imine (C=N–C) groups is 1. The average Bonchev–Trinajstić information content (AvgIpc) is 3.09. The van der Waals surface area contributed by atoms with E-state index in [0.29, 0.717) is 4.91 Å². The number of amides is 1. The van der Waals surface area contributed by atoms with Crippen LogP contribution in [-0.2, 0) is 11.2 Å². The number of para-hydroxylation sites is 1. The van der Waals surface area contributed by atoms with Crippen LogP contribution in [0.4, 0.5) is 5.69 Å². The van der Waals surface area contributed by atoms with Crippen molar-refractivity contribution in [1.82, 2.24) is 4.90 Å². The molecule has 5 nitrogen and oxygen atoms in total. The van der Waals surface area contributed by atoms with Crippen LogP contribution in [0, 0.1) is 0 Å². The molecule has 1 aliphatic carbocycles. The zero-order chi connectivity index (χ0) is 21.8. The van der Waals surface area contributed by atoms with E-state index in [0.717, 1.165) is 54.1 Å². The molecular weight excluding hydrogens is 408 g/mol. The van der Waals surface area contributed by atoms with E-state index in [-0.39, 0.29) is 17.5 Å². The number of hydrogen-bond donors (Lipinski definition) is 1. The molecule has 1 N–H and O–H groups in total. The Labute approximate surface area is 186 Å². The van der Waals surface area contributed by atoms with Crippen LogP contribution in [0.15, 0.2) is 58.4 Å². The minimum Gasteiger partial charge on any atom is -0.478 e. The number of carboxylic acid groups (broad SMARTS) is 1. The summed E-state index contributed by atoms with van der Waals surface area (Å²) in [6.45, 7) is 2.11. The molecule has 0 spiro atoms. The molecule has 1 heterocycles. The molecule has 0 unspecified atom stereocenters. The minimum atomic E-state index is -0.960. The topological polar surface area (TPSA) is 70.0 Å². The molecule has 0 aromatic heterocycles. The van der Waals surface area contributed by atoms with Gasteiger partial charge >= 0.3 is 5.97 Å². The Morgan fingerprint density at radius 3 is 2.52 bits per heavy atom. The zero-order valence-electron chi connectivity index (χ0n) is 17.6. The number of carboxylic acids is 1. The first-order valence-electron chi connectivity index (χ1n) is 10.8. The van der Waals surface area contributed by atoms with Crippen LogP contribution in [-0.4, -0.2) is 33.1 Å². The number of thioether (sulfide) groups is 1. The molecule has 6 heteroatoms. The highest BCUT2D eigenvalue weighted by Gasteiger charge is 2.38. The quantitative estimate of drug-likeness (QED) is 0.596. The Morgan fingerprint density at radius 2 is 1.84 bits per heavy atom. The molecule has 160 valence electrons. The molecule has 2 fully saturated rings. The molecule has 0 radical (unpaired) electrons. The first-order chi connectivity index (χ1) is 15.1. The minimum absolute atomic E-state index is 0.00746. The first-order valence-corrected chi connectivity index (χ1v) is 11.6. The molecule has 2 aromatic carbocycles.